The van der Waals surface area contributed by atoms with E-state index < -0.39 is 0 Å². The molecule has 27 heavy (non-hydrogen) atoms. The third kappa shape index (κ3) is 3.96. The molecule has 2 aromatic rings. The first kappa shape index (κ1) is 17.6. The molecule has 1 fully saturated rings. The molecule has 2 aromatic heterocycles. The highest BCUT2D eigenvalue weighted by Gasteiger charge is 2.26. The number of hydrogen-bond acceptors (Lipinski definition) is 6. The summed E-state index contributed by atoms with van der Waals surface area (Å²) in [6.45, 7) is 12.1. The van der Waals surface area contributed by atoms with Crippen molar-refractivity contribution < 1.29 is 14.2 Å². The fourth-order valence-corrected chi connectivity index (χ4v) is 3.45. The Morgan fingerprint density at radius 3 is 2.74 bits per heavy atom. The van der Waals surface area contributed by atoms with Crippen molar-refractivity contribution in [2.45, 2.75) is 31.9 Å². The molecule has 0 N–H and O–H groups in total. The maximum atomic E-state index is 6.95. The second-order valence-electron chi connectivity index (χ2n) is 6.73. The monoisotopic (exact) mass is 366 g/mol. The van der Waals surface area contributed by atoms with Crippen molar-refractivity contribution in [2.75, 3.05) is 26.3 Å². The SMILES string of the molecule is [C-]#[N+]c1ccc(OC2CCN(C(C)c3ccc4c(n3)OCCO4)CC2)cn1. The average Bonchev–Trinajstić information content (AvgIpc) is 2.74. The standard InChI is InChI=1S/C20H22N4O3/c1-14(17-4-5-18-20(23-17)26-12-11-25-18)24-9-7-15(8-10-24)27-16-3-6-19(21-2)22-13-16/h3-6,13-15H,7-12H2,1H3. The van der Waals surface area contributed by atoms with Crippen LogP contribution in [0.15, 0.2) is 30.5 Å². The average molecular weight is 366 g/mol. The molecule has 0 aliphatic carbocycles. The van der Waals surface area contributed by atoms with Crippen LogP contribution >= 0.6 is 0 Å². The molecule has 4 heterocycles. The van der Waals surface area contributed by atoms with Crippen molar-refractivity contribution in [1.29, 1.82) is 0 Å². The molecule has 2 aliphatic rings. The number of hydrogen-bond donors (Lipinski definition) is 0. The first-order valence-electron chi connectivity index (χ1n) is 9.23. The Hall–Kier alpha value is -2.85. The minimum Gasteiger partial charge on any atom is -0.487 e. The molecule has 7 nitrogen and oxygen atoms in total. The minimum absolute atomic E-state index is 0.169. The Labute approximate surface area is 158 Å². The van der Waals surface area contributed by atoms with Gasteiger partial charge in [-0.15, -0.1) is 4.98 Å². The summed E-state index contributed by atoms with van der Waals surface area (Å²) in [5.74, 6) is 2.43. The van der Waals surface area contributed by atoms with E-state index in [0.717, 1.165) is 43.1 Å². The van der Waals surface area contributed by atoms with Gasteiger partial charge in [-0.2, -0.15) is 0 Å². The molecule has 140 valence electrons. The van der Waals surface area contributed by atoms with Crippen molar-refractivity contribution in [3.8, 4) is 17.4 Å². The van der Waals surface area contributed by atoms with Crippen molar-refractivity contribution in [3.63, 3.8) is 0 Å². The number of pyridine rings is 2. The Morgan fingerprint density at radius 2 is 2.00 bits per heavy atom. The van der Waals surface area contributed by atoms with E-state index in [1.54, 1.807) is 12.3 Å². The lowest BCUT2D eigenvalue weighted by Gasteiger charge is -2.35. The Bertz CT molecular complexity index is 826. The van der Waals surface area contributed by atoms with Crippen LogP contribution in [0.1, 0.15) is 31.5 Å². The number of piperidine rings is 1. The first-order valence-corrected chi connectivity index (χ1v) is 9.23. The van der Waals surface area contributed by atoms with Gasteiger partial charge in [0.1, 0.15) is 19.3 Å². The van der Waals surface area contributed by atoms with Gasteiger partial charge in [0.05, 0.1) is 5.69 Å². The highest BCUT2D eigenvalue weighted by Crippen LogP contribution is 2.32. The largest absolute Gasteiger partial charge is 0.487 e. The van der Waals surface area contributed by atoms with Crippen molar-refractivity contribution >= 4 is 5.82 Å². The van der Waals surface area contributed by atoms with Gasteiger partial charge in [0.2, 0.25) is 0 Å². The van der Waals surface area contributed by atoms with Gasteiger partial charge < -0.3 is 19.1 Å². The predicted molar refractivity (Wildman–Crippen MR) is 99.4 cm³/mol. The van der Waals surface area contributed by atoms with Crippen molar-refractivity contribution in [2.24, 2.45) is 0 Å². The molecular weight excluding hydrogens is 344 g/mol. The number of ether oxygens (including phenoxy) is 3. The normalized spacial score (nSPS) is 18.5. The third-order valence-electron chi connectivity index (χ3n) is 5.02. The fourth-order valence-electron chi connectivity index (χ4n) is 3.45. The van der Waals surface area contributed by atoms with Crippen molar-refractivity contribution in [1.82, 2.24) is 14.9 Å². The smallest absolute Gasteiger partial charge is 0.269 e. The molecule has 1 atom stereocenters. The van der Waals surface area contributed by atoms with Crippen LogP contribution in [-0.2, 0) is 0 Å². The summed E-state index contributed by atoms with van der Waals surface area (Å²) >= 11 is 0. The lowest BCUT2D eigenvalue weighted by molar-refractivity contribution is 0.0779. The lowest BCUT2D eigenvalue weighted by Crippen LogP contribution is -2.39. The quantitative estimate of drug-likeness (QED) is 0.773. The van der Waals surface area contributed by atoms with E-state index in [9.17, 15) is 0 Å². The molecule has 0 amide bonds. The number of fused-ring (bicyclic) bond motifs is 1. The van der Waals surface area contributed by atoms with E-state index in [0.29, 0.717) is 24.9 Å². The van der Waals surface area contributed by atoms with Crippen LogP contribution in [0.2, 0.25) is 0 Å². The highest BCUT2D eigenvalue weighted by atomic mass is 16.6. The van der Waals surface area contributed by atoms with Gasteiger partial charge in [0, 0.05) is 19.1 Å². The van der Waals surface area contributed by atoms with Crippen LogP contribution in [0.25, 0.3) is 4.85 Å². The molecule has 0 aromatic carbocycles. The lowest BCUT2D eigenvalue weighted by atomic mass is 10.0. The summed E-state index contributed by atoms with van der Waals surface area (Å²) in [7, 11) is 0. The van der Waals surface area contributed by atoms with Gasteiger partial charge >= 0.3 is 0 Å². The van der Waals surface area contributed by atoms with Crippen LogP contribution in [0.4, 0.5) is 5.82 Å². The van der Waals surface area contributed by atoms with E-state index in [4.69, 9.17) is 20.8 Å². The predicted octanol–water partition coefficient (Wildman–Crippen LogP) is 3.40. The van der Waals surface area contributed by atoms with Crippen LogP contribution in [0.3, 0.4) is 0 Å². The fraction of sp³-hybridized carbons (Fsp3) is 0.450. The molecular formula is C20H22N4O3. The van der Waals surface area contributed by atoms with Crippen molar-refractivity contribution in [3.05, 3.63) is 47.6 Å². The van der Waals surface area contributed by atoms with Gasteiger partial charge in [0.15, 0.2) is 17.7 Å². The number of rotatable bonds is 4. The van der Waals surface area contributed by atoms with E-state index in [-0.39, 0.29) is 12.1 Å². The maximum absolute atomic E-state index is 6.95. The third-order valence-corrected chi connectivity index (χ3v) is 5.02. The van der Waals surface area contributed by atoms with Gasteiger partial charge in [-0.25, -0.2) is 4.98 Å². The molecule has 2 aliphatic heterocycles. The Morgan fingerprint density at radius 1 is 1.19 bits per heavy atom. The molecule has 1 unspecified atom stereocenters. The number of aromatic nitrogens is 2. The zero-order chi connectivity index (χ0) is 18.6. The zero-order valence-electron chi connectivity index (χ0n) is 15.3. The molecule has 4 rings (SSSR count). The number of nitrogens with zero attached hydrogens (tertiary/aromatic N) is 4. The van der Waals surface area contributed by atoms with Crippen LogP contribution in [0, 0.1) is 6.57 Å². The van der Waals surface area contributed by atoms with E-state index in [1.165, 1.54) is 0 Å². The van der Waals surface area contributed by atoms with Crippen LogP contribution in [-0.4, -0.2) is 47.3 Å². The van der Waals surface area contributed by atoms with Gasteiger partial charge in [-0.3, -0.25) is 4.90 Å². The minimum atomic E-state index is 0.169. The Balaban J connectivity index is 1.33. The van der Waals surface area contributed by atoms with Crippen LogP contribution < -0.4 is 14.2 Å². The molecule has 7 heteroatoms. The summed E-state index contributed by atoms with van der Waals surface area (Å²) in [4.78, 5) is 14.4. The first-order chi connectivity index (χ1) is 13.2. The highest BCUT2D eigenvalue weighted by molar-refractivity contribution is 5.38. The summed E-state index contributed by atoms with van der Waals surface area (Å²) in [6, 6.07) is 7.68. The summed E-state index contributed by atoms with van der Waals surface area (Å²) in [6.07, 6.45) is 3.68. The van der Waals surface area contributed by atoms with E-state index in [2.05, 4.69) is 26.6 Å². The molecule has 0 saturated carbocycles. The molecule has 0 radical (unpaired) electrons. The summed E-state index contributed by atoms with van der Waals surface area (Å²) in [5.41, 5.74) is 0.998. The molecule has 0 spiro atoms. The summed E-state index contributed by atoms with van der Waals surface area (Å²) < 4.78 is 17.2. The second kappa shape index (κ2) is 7.80. The maximum Gasteiger partial charge on any atom is 0.269 e. The topological polar surface area (TPSA) is 61.1 Å². The van der Waals surface area contributed by atoms with Gasteiger partial charge in [-0.1, -0.05) is 6.57 Å². The van der Waals surface area contributed by atoms with E-state index >= 15 is 0 Å². The van der Waals surface area contributed by atoms with Gasteiger partial charge in [-0.05, 0) is 44.0 Å². The second-order valence-corrected chi connectivity index (χ2v) is 6.73. The van der Waals surface area contributed by atoms with E-state index in [1.807, 2.05) is 18.2 Å². The molecule has 1 saturated heterocycles. The Kier molecular flexibility index (Phi) is 5.07. The summed E-state index contributed by atoms with van der Waals surface area (Å²) in [5, 5.41) is 0. The van der Waals surface area contributed by atoms with Gasteiger partial charge in [0.25, 0.3) is 11.7 Å². The molecule has 0 bridgehead atoms. The van der Waals surface area contributed by atoms with Crippen LogP contribution in [0.5, 0.6) is 17.4 Å². The number of likely N-dealkylation sites (tertiary alicyclic amines) is 1. The zero-order valence-corrected chi connectivity index (χ0v) is 15.3.